The number of para-hydroxylation sites is 1. The number of hydrogen-bond donors (Lipinski definition) is 2. The van der Waals surface area contributed by atoms with Crippen molar-refractivity contribution in [2.24, 2.45) is 4.99 Å². The number of aryl methyl sites for hydroxylation is 2. The minimum Gasteiger partial charge on any atom is -0.381 e. The zero-order valence-corrected chi connectivity index (χ0v) is 19.8. The Balaban J connectivity index is 0.00000392. The average molecular weight is 499 g/mol. The second-order valence-electron chi connectivity index (χ2n) is 6.64. The fraction of sp³-hybridized carbons (Fsp3) is 0.524. The van der Waals surface area contributed by atoms with E-state index in [4.69, 9.17) is 4.74 Å². The van der Waals surface area contributed by atoms with Gasteiger partial charge >= 0.3 is 0 Å². The van der Waals surface area contributed by atoms with E-state index in [2.05, 4.69) is 58.8 Å². The molecule has 0 aliphatic rings. The first-order chi connectivity index (χ1) is 13.2. The Morgan fingerprint density at radius 3 is 2.57 bits per heavy atom. The van der Waals surface area contributed by atoms with E-state index in [1.165, 1.54) is 12.0 Å². The molecule has 0 spiro atoms. The summed E-state index contributed by atoms with van der Waals surface area (Å²) in [6.07, 6.45) is 3.27. The maximum absolute atomic E-state index is 5.59. The first kappa shape index (κ1) is 24.4. The van der Waals surface area contributed by atoms with Gasteiger partial charge in [-0.3, -0.25) is 4.99 Å². The lowest BCUT2D eigenvalue weighted by atomic mass is 10.1. The molecule has 0 bridgehead atoms. The highest BCUT2D eigenvalue weighted by atomic mass is 127. The molecule has 2 aromatic rings. The summed E-state index contributed by atoms with van der Waals surface area (Å²) >= 11 is 0. The zero-order valence-electron chi connectivity index (χ0n) is 17.5. The normalized spacial score (nSPS) is 11.2. The minimum absolute atomic E-state index is 0. The van der Waals surface area contributed by atoms with Crippen molar-refractivity contribution >= 4 is 29.9 Å². The number of ether oxygens (including phenoxy) is 1. The molecule has 0 amide bonds. The molecule has 2 N–H and O–H groups in total. The molecule has 0 saturated carbocycles. The number of nitrogens with zero attached hydrogens (tertiary/aromatic N) is 3. The molecule has 0 aliphatic carbocycles. The lowest BCUT2D eigenvalue weighted by molar-refractivity contribution is 0.129. The van der Waals surface area contributed by atoms with Crippen LogP contribution in [0.15, 0.2) is 35.3 Å². The van der Waals surface area contributed by atoms with Crippen molar-refractivity contribution in [1.29, 1.82) is 0 Å². The van der Waals surface area contributed by atoms with Gasteiger partial charge in [0.15, 0.2) is 5.96 Å². The van der Waals surface area contributed by atoms with Crippen molar-refractivity contribution in [3.8, 4) is 5.69 Å². The van der Waals surface area contributed by atoms with E-state index >= 15 is 0 Å². The van der Waals surface area contributed by atoms with Crippen LogP contribution in [0.25, 0.3) is 5.69 Å². The van der Waals surface area contributed by atoms with Crippen LogP contribution in [0.5, 0.6) is 0 Å². The van der Waals surface area contributed by atoms with Crippen LogP contribution in [0, 0.1) is 13.8 Å². The number of guanidine groups is 1. The van der Waals surface area contributed by atoms with E-state index in [0.717, 1.165) is 55.6 Å². The van der Waals surface area contributed by atoms with E-state index in [0.29, 0.717) is 6.54 Å². The third-order valence-electron chi connectivity index (χ3n) is 4.30. The molecule has 0 unspecified atom stereocenters. The largest absolute Gasteiger partial charge is 0.381 e. The van der Waals surface area contributed by atoms with E-state index < -0.39 is 0 Å². The quantitative estimate of drug-likeness (QED) is 0.225. The van der Waals surface area contributed by atoms with Gasteiger partial charge in [-0.2, -0.15) is 5.10 Å². The van der Waals surface area contributed by atoms with Crippen LogP contribution in [0.4, 0.5) is 0 Å². The Morgan fingerprint density at radius 1 is 1.14 bits per heavy atom. The molecule has 1 heterocycles. The number of nitrogens with one attached hydrogen (secondary N) is 2. The summed E-state index contributed by atoms with van der Waals surface area (Å²) in [5.74, 6) is 0.798. The highest BCUT2D eigenvalue weighted by Gasteiger charge is 2.09. The highest BCUT2D eigenvalue weighted by molar-refractivity contribution is 14.0. The fourth-order valence-corrected chi connectivity index (χ4v) is 2.87. The lowest BCUT2D eigenvalue weighted by Crippen LogP contribution is -2.37. The number of unbranched alkanes of at least 4 members (excludes halogenated alkanes) is 1. The number of aromatic nitrogens is 2. The molecule has 0 saturated heterocycles. The first-order valence-corrected chi connectivity index (χ1v) is 9.79. The summed E-state index contributed by atoms with van der Waals surface area (Å²) in [4.78, 5) is 4.31. The molecule has 1 aromatic carbocycles. The molecule has 28 heavy (non-hydrogen) atoms. The predicted octanol–water partition coefficient (Wildman–Crippen LogP) is 3.98. The van der Waals surface area contributed by atoms with Crippen molar-refractivity contribution < 1.29 is 4.74 Å². The van der Waals surface area contributed by atoms with E-state index in [-0.39, 0.29) is 24.0 Å². The van der Waals surface area contributed by atoms with Gasteiger partial charge in [0.2, 0.25) is 0 Å². The Morgan fingerprint density at radius 2 is 1.89 bits per heavy atom. The second-order valence-corrected chi connectivity index (χ2v) is 6.64. The summed E-state index contributed by atoms with van der Waals surface area (Å²) in [6.45, 7) is 9.42. The smallest absolute Gasteiger partial charge is 0.191 e. The molecule has 156 valence electrons. The van der Waals surface area contributed by atoms with E-state index in [1.54, 1.807) is 7.05 Å². The van der Waals surface area contributed by atoms with Gasteiger partial charge in [-0.1, -0.05) is 31.5 Å². The van der Waals surface area contributed by atoms with Gasteiger partial charge in [0.05, 0.1) is 11.4 Å². The molecule has 6 nitrogen and oxygen atoms in total. The molecule has 2 rings (SSSR count). The van der Waals surface area contributed by atoms with Gasteiger partial charge in [0.25, 0.3) is 0 Å². The second kappa shape index (κ2) is 13.5. The summed E-state index contributed by atoms with van der Waals surface area (Å²) in [5.41, 5.74) is 4.42. The summed E-state index contributed by atoms with van der Waals surface area (Å²) < 4.78 is 7.58. The molecule has 0 atom stereocenters. The fourth-order valence-electron chi connectivity index (χ4n) is 2.87. The van der Waals surface area contributed by atoms with Crippen LogP contribution < -0.4 is 10.6 Å². The summed E-state index contributed by atoms with van der Waals surface area (Å²) in [7, 11) is 1.79. The monoisotopic (exact) mass is 499 g/mol. The standard InChI is InChI=1S/C21H33N5O.HI/c1-5-6-13-27-14-9-12-23-21(22-4)24-16-19-10-7-8-11-20(19)26-18(3)15-17(2)25-26;/h7-8,10-11,15H,5-6,9,12-14,16H2,1-4H3,(H2,22,23,24);1H. The van der Waals surface area contributed by atoms with Crippen molar-refractivity contribution in [3.63, 3.8) is 0 Å². The number of hydrogen-bond acceptors (Lipinski definition) is 3. The molecular weight excluding hydrogens is 465 g/mol. The molecule has 0 radical (unpaired) electrons. The first-order valence-electron chi connectivity index (χ1n) is 9.79. The van der Waals surface area contributed by atoms with Crippen molar-refractivity contribution in [3.05, 3.63) is 47.3 Å². The maximum atomic E-state index is 5.59. The van der Waals surface area contributed by atoms with Gasteiger partial charge in [-0.15, -0.1) is 24.0 Å². The molecule has 7 heteroatoms. The van der Waals surface area contributed by atoms with Crippen LogP contribution in [0.2, 0.25) is 0 Å². The van der Waals surface area contributed by atoms with Crippen LogP contribution >= 0.6 is 24.0 Å². The number of benzene rings is 1. The van der Waals surface area contributed by atoms with Gasteiger partial charge in [-0.25, -0.2) is 4.68 Å². The van der Waals surface area contributed by atoms with Gasteiger partial charge in [-0.05, 0) is 44.4 Å². The van der Waals surface area contributed by atoms with E-state index in [1.807, 2.05) is 17.7 Å². The van der Waals surface area contributed by atoms with Crippen LogP contribution in [0.3, 0.4) is 0 Å². The molecule has 0 aliphatic heterocycles. The highest BCUT2D eigenvalue weighted by Crippen LogP contribution is 2.16. The SMILES string of the molecule is CCCCOCCCNC(=NC)NCc1ccccc1-n1nc(C)cc1C.I. The lowest BCUT2D eigenvalue weighted by Gasteiger charge is -2.15. The summed E-state index contributed by atoms with van der Waals surface area (Å²) in [5, 5.41) is 11.3. The molecule has 1 aromatic heterocycles. The molecule has 0 fully saturated rings. The van der Waals surface area contributed by atoms with Crippen molar-refractivity contribution in [2.45, 2.75) is 46.6 Å². The number of rotatable bonds is 10. The third kappa shape index (κ3) is 7.79. The third-order valence-corrected chi connectivity index (χ3v) is 4.30. The van der Waals surface area contributed by atoms with Crippen molar-refractivity contribution in [2.75, 3.05) is 26.8 Å². The Bertz CT molecular complexity index is 729. The predicted molar refractivity (Wildman–Crippen MR) is 127 cm³/mol. The van der Waals surface area contributed by atoms with Crippen LogP contribution in [-0.4, -0.2) is 42.5 Å². The Labute approximate surface area is 186 Å². The van der Waals surface area contributed by atoms with Gasteiger partial charge in [0, 0.05) is 39.0 Å². The molecular formula is C21H34IN5O. The number of halogens is 1. The average Bonchev–Trinajstić information content (AvgIpc) is 3.01. The minimum atomic E-state index is 0. The van der Waals surface area contributed by atoms with Crippen LogP contribution in [-0.2, 0) is 11.3 Å². The maximum Gasteiger partial charge on any atom is 0.191 e. The van der Waals surface area contributed by atoms with Crippen molar-refractivity contribution in [1.82, 2.24) is 20.4 Å². The van der Waals surface area contributed by atoms with Gasteiger partial charge < -0.3 is 15.4 Å². The summed E-state index contributed by atoms with van der Waals surface area (Å²) in [6, 6.07) is 10.4. The Kier molecular flexibility index (Phi) is 11.8. The number of aliphatic imine (C=N–C) groups is 1. The Hall–Kier alpha value is -1.61. The van der Waals surface area contributed by atoms with Crippen LogP contribution in [0.1, 0.15) is 43.1 Å². The zero-order chi connectivity index (χ0) is 19.5. The van der Waals surface area contributed by atoms with Gasteiger partial charge in [0.1, 0.15) is 0 Å². The topological polar surface area (TPSA) is 63.5 Å². The van der Waals surface area contributed by atoms with E-state index in [9.17, 15) is 0 Å².